The molecule has 0 bridgehead atoms. The topological polar surface area (TPSA) is 81.0 Å². The van der Waals surface area contributed by atoms with Crippen LogP contribution in [0.1, 0.15) is 23.8 Å². The summed E-state index contributed by atoms with van der Waals surface area (Å²) in [5.41, 5.74) is 4.89. The van der Waals surface area contributed by atoms with E-state index >= 15 is 0 Å². The Labute approximate surface area is 146 Å². The minimum atomic E-state index is -0.988. The molecule has 0 spiro atoms. The van der Waals surface area contributed by atoms with Crippen molar-refractivity contribution in [3.8, 4) is 11.3 Å². The van der Waals surface area contributed by atoms with Crippen LogP contribution in [0.3, 0.4) is 0 Å². The predicted molar refractivity (Wildman–Crippen MR) is 91.4 cm³/mol. The van der Waals surface area contributed by atoms with E-state index in [2.05, 4.69) is 9.97 Å². The number of ether oxygens (including phenoxy) is 1. The van der Waals surface area contributed by atoms with Crippen molar-refractivity contribution >= 4 is 34.2 Å². The van der Waals surface area contributed by atoms with Crippen LogP contribution in [0.25, 0.3) is 22.2 Å². The highest BCUT2D eigenvalue weighted by molar-refractivity contribution is 6.36. The van der Waals surface area contributed by atoms with Crippen molar-refractivity contribution in [3.05, 3.63) is 46.7 Å². The van der Waals surface area contributed by atoms with Gasteiger partial charge in [0.2, 0.25) is 0 Å². The van der Waals surface area contributed by atoms with Crippen LogP contribution in [0.15, 0.2) is 24.4 Å². The van der Waals surface area contributed by atoms with E-state index in [9.17, 15) is 13.6 Å². The zero-order valence-electron chi connectivity index (χ0n) is 13.2. The van der Waals surface area contributed by atoms with Gasteiger partial charge in [-0.05, 0) is 18.6 Å². The highest BCUT2D eigenvalue weighted by Crippen LogP contribution is 2.38. The van der Waals surface area contributed by atoms with Gasteiger partial charge in [0.15, 0.2) is 11.6 Å². The van der Waals surface area contributed by atoms with E-state index in [4.69, 9.17) is 22.1 Å². The van der Waals surface area contributed by atoms with Crippen LogP contribution >= 0.6 is 11.6 Å². The maximum Gasteiger partial charge on any atom is 0.356 e. The second-order valence-corrected chi connectivity index (χ2v) is 5.75. The van der Waals surface area contributed by atoms with Gasteiger partial charge in [0, 0.05) is 11.6 Å². The molecule has 0 amide bonds. The molecule has 8 heteroatoms. The Morgan fingerprint density at radius 3 is 2.84 bits per heavy atom. The van der Waals surface area contributed by atoms with E-state index in [0.717, 1.165) is 0 Å². The average molecular weight is 366 g/mol. The van der Waals surface area contributed by atoms with Gasteiger partial charge >= 0.3 is 5.97 Å². The Morgan fingerprint density at radius 2 is 2.12 bits per heavy atom. The number of halogens is 3. The molecule has 0 saturated carbocycles. The van der Waals surface area contributed by atoms with E-state index in [1.807, 2.05) is 6.92 Å². The monoisotopic (exact) mass is 365 g/mol. The number of nitrogens with zero attached hydrogens (tertiary/aromatic N) is 1. The predicted octanol–water partition coefficient (Wildman–Crippen LogP) is 4.31. The standard InChI is InChI=1S/C17H14ClF2N3O2/c1-2-6-25-17(24)10-5-3-4-9(23-10)12-13(19)15(21)11-8(18)7-22-16(11)14(12)20/h3-5,7,22H,2,6,21H2,1H3. The largest absolute Gasteiger partial charge is 0.461 e. The average Bonchev–Trinajstić information content (AvgIpc) is 3.00. The van der Waals surface area contributed by atoms with Gasteiger partial charge in [-0.25, -0.2) is 18.6 Å². The van der Waals surface area contributed by atoms with Gasteiger partial charge in [0.05, 0.1) is 34.1 Å². The van der Waals surface area contributed by atoms with Crippen molar-refractivity contribution in [2.75, 3.05) is 12.3 Å². The highest BCUT2D eigenvalue weighted by Gasteiger charge is 2.24. The number of H-pyrrole nitrogens is 1. The summed E-state index contributed by atoms with van der Waals surface area (Å²) in [4.78, 5) is 18.6. The Kier molecular flexibility index (Phi) is 4.59. The third kappa shape index (κ3) is 2.91. The molecule has 5 nitrogen and oxygen atoms in total. The van der Waals surface area contributed by atoms with Gasteiger partial charge in [0.1, 0.15) is 5.69 Å². The first-order valence-electron chi connectivity index (χ1n) is 7.53. The van der Waals surface area contributed by atoms with Crippen LogP contribution in [-0.4, -0.2) is 22.5 Å². The number of rotatable bonds is 4. The lowest BCUT2D eigenvalue weighted by atomic mass is 10.0. The number of pyridine rings is 1. The quantitative estimate of drug-likeness (QED) is 0.533. The molecule has 0 atom stereocenters. The molecule has 2 aromatic heterocycles. The lowest BCUT2D eigenvalue weighted by molar-refractivity contribution is 0.0498. The number of nitrogens with one attached hydrogen (secondary N) is 1. The van der Waals surface area contributed by atoms with E-state index in [0.29, 0.717) is 6.42 Å². The molecule has 2 heterocycles. The molecule has 0 aliphatic rings. The smallest absolute Gasteiger partial charge is 0.356 e. The molecule has 3 aromatic rings. The van der Waals surface area contributed by atoms with Crippen molar-refractivity contribution in [2.24, 2.45) is 0 Å². The van der Waals surface area contributed by atoms with Gasteiger partial charge in [-0.2, -0.15) is 0 Å². The third-order valence-corrected chi connectivity index (χ3v) is 3.95. The Hall–Kier alpha value is -2.67. The maximum atomic E-state index is 14.8. The zero-order valence-corrected chi connectivity index (χ0v) is 14.0. The number of aromatic nitrogens is 2. The summed E-state index contributed by atoms with van der Waals surface area (Å²) in [6.45, 7) is 2.08. The molecule has 0 fully saturated rings. The molecule has 0 saturated heterocycles. The molecule has 0 radical (unpaired) electrons. The fraction of sp³-hybridized carbons (Fsp3) is 0.176. The number of nitrogens with two attached hydrogens (primary N) is 1. The van der Waals surface area contributed by atoms with Crippen molar-refractivity contribution < 1.29 is 18.3 Å². The molecule has 0 aliphatic heterocycles. The van der Waals surface area contributed by atoms with Gasteiger partial charge < -0.3 is 15.5 Å². The summed E-state index contributed by atoms with van der Waals surface area (Å²) in [6, 6.07) is 4.25. The second-order valence-electron chi connectivity index (χ2n) is 5.35. The number of hydrogen-bond donors (Lipinski definition) is 2. The fourth-order valence-corrected chi connectivity index (χ4v) is 2.73. The SMILES string of the molecule is CCCOC(=O)c1cccc(-c2c(F)c(N)c3c(Cl)c[nH]c3c2F)n1. The maximum absolute atomic E-state index is 14.8. The fourth-order valence-electron chi connectivity index (χ4n) is 2.48. The van der Waals surface area contributed by atoms with Crippen molar-refractivity contribution in [1.82, 2.24) is 9.97 Å². The van der Waals surface area contributed by atoms with Crippen LogP contribution in [0.5, 0.6) is 0 Å². The summed E-state index contributed by atoms with van der Waals surface area (Å²) in [5, 5.41) is 0.181. The molecule has 25 heavy (non-hydrogen) atoms. The number of esters is 1. The van der Waals surface area contributed by atoms with Gasteiger partial charge in [0.25, 0.3) is 0 Å². The molecule has 3 rings (SSSR count). The number of anilines is 1. The molecule has 130 valence electrons. The number of fused-ring (bicyclic) bond motifs is 1. The van der Waals surface area contributed by atoms with Gasteiger partial charge in [-0.15, -0.1) is 0 Å². The van der Waals surface area contributed by atoms with Crippen LogP contribution in [0, 0.1) is 11.6 Å². The number of carbonyl (C=O) groups is 1. The highest BCUT2D eigenvalue weighted by atomic mass is 35.5. The van der Waals surface area contributed by atoms with Crippen molar-refractivity contribution in [1.29, 1.82) is 0 Å². The molecular weight excluding hydrogens is 352 g/mol. The minimum absolute atomic E-state index is 0.0281. The van der Waals surface area contributed by atoms with Crippen LogP contribution in [0.4, 0.5) is 14.5 Å². The molecule has 3 N–H and O–H groups in total. The number of carbonyl (C=O) groups excluding carboxylic acids is 1. The first-order chi connectivity index (χ1) is 12.0. The van der Waals surface area contributed by atoms with Gasteiger partial charge in [-0.3, -0.25) is 0 Å². The van der Waals surface area contributed by atoms with Gasteiger partial charge in [-0.1, -0.05) is 24.6 Å². The van der Waals surface area contributed by atoms with Crippen LogP contribution in [-0.2, 0) is 4.74 Å². The van der Waals surface area contributed by atoms with Crippen LogP contribution in [0.2, 0.25) is 5.02 Å². The summed E-state index contributed by atoms with van der Waals surface area (Å²) >= 11 is 5.91. The van der Waals surface area contributed by atoms with E-state index in [-0.39, 0.29) is 39.6 Å². The van der Waals surface area contributed by atoms with E-state index in [1.165, 1.54) is 24.4 Å². The lowest BCUT2D eigenvalue weighted by Gasteiger charge is -2.10. The Morgan fingerprint density at radius 1 is 1.36 bits per heavy atom. The first-order valence-corrected chi connectivity index (χ1v) is 7.91. The summed E-state index contributed by atoms with van der Waals surface area (Å²) < 4.78 is 34.5. The zero-order chi connectivity index (χ0) is 18.1. The van der Waals surface area contributed by atoms with Crippen LogP contribution < -0.4 is 5.73 Å². The normalized spacial score (nSPS) is 11.0. The Balaban J connectivity index is 2.16. The van der Waals surface area contributed by atoms with Crippen molar-refractivity contribution in [3.63, 3.8) is 0 Å². The number of hydrogen-bond acceptors (Lipinski definition) is 4. The third-order valence-electron chi connectivity index (χ3n) is 3.65. The Bertz CT molecular complexity index is 972. The molecular formula is C17H14ClF2N3O2. The first kappa shape index (κ1) is 17.2. The summed E-state index contributed by atoms with van der Waals surface area (Å²) in [5.74, 6) is -2.54. The summed E-state index contributed by atoms with van der Waals surface area (Å²) in [7, 11) is 0. The summed E-state index contributed by atoms with van der Waals surface area (Å²) in [6.07, 6.45) is 1.97. The number of aromatic amines is 1. The molecule has 0 aliphatic carbocycles. The number of nitrogen functional groups attached to an aromatic ring is 1. The van der Waals surface area contributed by atoms with E-state index in [1.54, 1.807) is 0 Å². The molecule has 1 aromatic carbocycles. The second kappa shape index (κ2) is 6.68. The molecule has 0 unspecified atom stereocenters. The lowest BCUT2D eigenvalue weighted by Crippen LogP contribution is -2.09. The number of benzene rings is 1. The van der Waals surface area contributed by atoms with E-state index < -0.39 is 23.2 Å². The van der Waals surface area contributed by atoms with Crippen molar-refractivity contribution in [2.45, 2.75) is 13.3 Å². The minimum Gasteiger partial charge on any atom is -0.461 e.